The maximum absolute atomic E-state index is 13.7. The zero-order chi connectivity index (χ0) is 28.5. The number of nitrogens with one attached hydrogen (secondary N) is 1. The molecule has 3 amide bonds. The number of nitrogens with zero attached hydrogens (tertiary/aromatic N) is 4. The van der Waals surface area contributed by atoms with E-state index in [9.17, 15) is 19.2 Å². The Kier molecular flexibility index (Phi) is 8.33. The minimum atomic E-state index is -1.04. The first-order valence-electron chi connectivity index (χ1n) is 14.2. The number of Topliss-reactive ketones (excluding diaryl/α,β-unsaturated/α-hetero) is 1. The number of rotatable bonds is 10. The van der Waals surface area contributed by atoms with Crippen molar-refractivity contribution in [2.45, 2.75) is 85.2 Å². The highest BCUT2D eigenvalue weighted by atomic mass is 16.2. The number of anilines is 1. The molecule has 2 aliphatic heterocycles. The fourth-order valence-electron chi connectivity index (χ4n) is 6.09. The Morgan fingerprint density at radius 3 is 2.21 bits per heavy atom. The van der Waals surface area contributed by atoms with E-state index in [-0.39, 0.29) is 28.6 Å². The van der Waals surface area contributed by atoms with Gasteiger partial charge in [0.25, 0.3) is 5.91 Å². The van der Waals surface area contributed by atoms with E-state index >= 15 is 0 Å². The number of nitrogens with two attached hydrogens (primary N) is 1. The molecule has 0 radical (unpaired) electrons. The predicted octanol–water partition coefficient (Wildman–Crippen LogP) is 2.32. The highest BCUT2D eigenvalue weighted by Gasteiger charge is 2.51. The quantitative estimate of drug-likeness (QED) is 0.434. The van der Waals surface area contributed by atoms with Crippen LogP contribution >= 0.6 is 0 Å². The number of amides is 3. The van der Waals surface area contributed by atoms with E-state index in [4.69, 9.17) is 5.73 Å². The Hall–Kier alpha value is -3.04. The summed E-state index contributed by atoms with van der Waals surface area (Å²) >= 11 is 0. The molecule has 4 rings (SSSR count). The van der Waals surface area contributed by atoms with Crippen LogP contribution in [0.1, 0.15) is 73.1 Å². The van der Waals surface area contributed by atoms with Crippen LogP contribution < -0.4 is 16.0 Å². The first-order chi connectivity index (χ1) is 18.3. The van der Waals surface area contributed by atoms with Crippen LogP contribution in [0, 0.1) is 28.6 Å². The summed E-state index contributed by atoms with van der Waals surface area (Å²) < 4.78 is 0. The fourth-order valence-corrected chi connectivity index (χ4v) is 6.09. The van der Waals surface area contributed by atoms with Gasteiger partial charge in [-0.1, -0.05) is 53.9 Å². The number of carbonyl (C=O) groups is 4. The highest BCUT2D eigenvalue weighted by Crippen LogP contribution is 2.46. The molecule has 3 aliphatic rings. The molecule has 0 bridgehead atoms. The molecule has 3 fully saturated rings. The van der Waals surface area contributed by atoms with Crippen LogP contribution in [0.3, 0.4) is 0 Å². The summed E-state index contributed by atoms with van der Waals surface area (Å²) in [7, 11) is 0. The number of hydrogen-bond donors (Lipinski definition) is 2. The molecule has 10 nitrogen and oxygen atoms in total. The molecule has 1 saturated carbocycles. The molecule has 3 N–H and O–H groups in total. The van der Waals surface area contributed by atoms with Gasteiger partial charge < -0.3 is 20.9 Å². The number of primary amides is 1. The van der Waals surface area contributed by atoms with E-state index in [0.717, 1.165) is 32.4 Å². The molecule has 0 aromatic carbocycles. The van der Waals surface area contributed by atoms with E-state index < -0.39 is 23.8 Å². The van der Waals surface area contributed by atoms with Crippen molar-refractivity contribution < 1.29 is 19.2 Å². The standard InChI is InChI=1S/C29H44N6O4/c1-28(2,3)14-23(36)35-17-19(29(4,5)20-15-34(16-20)27-31-10-7-11-32-27)13-22(35)26(39)33-21(24(37)25(30)38)12-18-8-6-9-18/h7,10-11,18-22H,6,8-9,12-17H2,1-5H3,(H2,30,38)(H,33,39)/t19?,21?,22-/m0/s1. The maximum Gasteiger partial charge on any atom is 0.287 e. The van der Waals surface area contributed by atoms with Crippen molar-refractivity contribution in [2.24, 2.45) is 34.3 Å². The van der Waals surface area contributed by atoms with Crippen molar-refractivity contribution in [3.05, 3.63) is 18.5 Å². The zero-order valence-electron chi connectivity index (χ0n) is 24.0. The lowest BCUT2D eigenvalue weighted by Gasteiger charge is -2.50. The van der Waals surface area contributed by atoms with Gasteiger partial charge in [-0.2, -0.15) is 0 Å². The first-order valence-corrected chi connectivity index (χ1v) is 14.2. The SMILES string of the molecule is CC(C)(C)CC(=O)N1CC(C(C)(C)C2CN(c3ncccn3)C2)C[C@H]1C(=O)NC(CC1CCC1)C(=O)C(N)=O. The Labute approximate surface area is 231 Å². The lowest BCUT2D eigenvalue weighted by atomic mass is 9.65. The van der Waals surface area contributed by atoms with Gasteiger partial charge in [0.05, 0.1) is 6.04 Å². The van der Waals surface area contributed by atoms with Crippen molar-refractivity contribution >= 4 is 29.5 Å². The second kappa shape index (κ2) is 11.2. The van der Waals surface area contributed by atoms with Crippen LogP contribution in [0.15, 0.2) is 18.5 Å². The number of hydrogen-bond acceptors (Lipinski definition) is 7. The maximum atomic E-state index is 13.7. The molecule has 0 spiro atoms. The van der Waals surface area contributed by atoms with Crippen molar-refractivity contribution in [1.82, 2.24) is 20.2 Å². The molecule has 39 heavy (non-hydrogen) atoms. The summed E-state index contributed by atoms with van der Waals surface area (Å²) in [6.07, 6.45) is 7.74. The van der Waals surface area contributed by atoms with Gasteiger partial charge in [-0.25, -0.2) is 9.97 Å². The van der Waals surface area contributed by atoms with Gasteiger partial charge in [0.2, 0.25) is 23.5 Å². The first kappa shape index (κ1) is 29.0. The Balaban J connectivity index is 1.49. The Morgan fingerprint density at radius 1 is 1.03 bits per heavy atom. The minimum absolute atomic E-state index is 0.0642. The molecule has 2 unspecified atom stereocenters. The third-order valence-electron chi connectivity index (χ3n) is 9.10. The number of aromatic nitrogens is 2. The molecule has 3 heterocycles. The van der Waals surface area contributed by atoms with E-state index in [1.165, 1.54) is 0 Å². The van der Waals surface area contributed by atoms with Crippen LogP contribution in [0.2, 0.25) is 0 Å². The molecule has 10 heteroatoms. The van der Waals surface area contributed by atoms with Gasteiger partial charge in [-0.3, -0.25) is 19.2 Å². The fraction of sp³-hybridized carbons (Fsp3) is 0.724. The summed E-state index contributed by atoms with van der Waals surface area (Å²) in [4.78, 5) is 64.0. The third-order valence-corrected chi connectivity index (χ3v) is 9.10. The molecule has 1 aromatic heterocycles. The van der Waals surface area contributed by atoms with Crippen molar-refractivity contribution in [1.29, 1.82) is 0 Å². The average molecular weight is 541 g/mol. The molecular weight excluding hydrogens is 496 g/mol. The smallest absolute Gasteiger partial charge is 0.287 e. The van der Waals surface area contributed by atoms with Gasteiger partial charge in [0.15, 0.2) is 0 Å². The van der Waals surface area contributed by atoms with E-state index in [2.05, 4.69) is 34.0 Å². The van der Waals surface area contributed by atoms with E-state index in [1.807, 2.05) is 20.8 Å². The topological polar surface area (TPSA) is 139 Å². The monoisotopic (exact) mass is 540 g/mol. The zero-order valence-corrected chi connectivity index (χ0v) is 24.0. The predicted molar refractivity (Wildman–Crippen MR) is 147 cm³/mol. The van der Waals surface area contributed by atoms with Crippen LogP contribution in [-0.4, -0.2) is 70.1 Å². The normalized spacial score (nSPS) is 23.1. The number of carbonyl (C=O) groups excluding carboxylic acids is 4. The van der Waals surface area contributed by atoms with Gasteiger partial charge in [-0.05, 0) is 47.5 Å². The molecule has 2 saturated heterocycles. The number of likely N-dealkylation sites (tertiary alicyclic amines) is 1. The molecular formula is C29H44N6O4. The number of ketones is 1. The van der Waals surface area contributed by atoms with Gasteiger partial charge in [-0.15, -0.1) is 0 Å². The van der Waals surface area contributed by atoms with Crippen LogP contribution in [0.25, 0.3) is 0 Å². The summed E-state index contributed by atoms with van der Waals surface area (Å²) in [5, 5.41) is 2.84. The molecule has 214 valence electrons. The lowest BCUT2D eigenvalue weighted by Crippen LogP contribution is -2.56. The summed E-state index contributed by atoms with van der Waals surface area (Å²) in [6, 6.07) is 0.158. The minimum Gasteiger partial charge on any atom is -0.363 e. The summed E-state index contributed by atoms with van der Waals surface area (Å²) in [5.41, 5.74) is 4.94. The largest absolute Gasteiger partial charge is 0.363 e. The van der Waals surface area contributed by atoms with Crippen molar-refractivity contribution in [3.8, 4) is 0 Å². The van der Waals surface area contributed by atoms with Crippen molar-refractivity contribution in [2.75, 3.05) is 24.5 Å². The van der Waals surface area contributed by atoms with Gasteiger partial charge in [0.1, 0.15) is 6.04 Å². The average Bonchev–Trinajstić information content (AvgIpc) is 3.25. The van der Waals surface area contributed by atoms with Gasteiger partial charge >= 0.3 is 0 Å². The Bertz CT molecular complexity index is 1070. The van der Waals surface area contributed by atoms with E-state index in [0.29, 0.717) is 43.6 Å². The summed E-state index contributed by atoms with van der Waals surface area (Å²) in [6.45, 7) is 12.6. The third kappa shape index (κ3) is 6.58. The van der Waals surface area contributed by atoms with Crippen LogP contribution in [0.5, 0.6) is 0 Å². The summed E-state index contributed by atoms with van der Waals surface area (Å²) in [5.74, 6) is -0.783. The molecule has 3 atom stereocenters. The Morgan fingerprint density at radius 2 is 1.67 bits per heavy atom. The second-order valence-corrected chi connectivity index (χ2v) is 13.5. The van der Waals surface area contributed by atoms with Gasteiger partial charge in [0, 0.05) is 38.4 Å². The van der Waals surface area contributed by atoms with E-state index in [1.54, 1.807) is 23.4 Å². The molecule has 1 aromatic rings. The van der Waals surface area contributed by atoms with Crippen LogP contribution in [-0.2, 0) is 19.2 Å². The lowest BCUT2D eigenvalue weighted by molar-refractivity contribution is -0.142. The van der Waals surface area contributed by atoms with Crippen LogP contribution in [0.4, 0.5) is 5.95 Å². The highest BCUT2D eigenvalue weighted by molar-refractivity contribution is 6.37. The molecule has 1 aliphatic carbocycles. The van der Waals surface area contributed by atoms with Crippen molar-refractivity contribution in [3.63, 3.8) is 0 Å². The second-order valence-electron chi connectivity index (χ2n) is 13.5.